The average molecular weight is 498 g/mol. The van der Waals surface area contributed by atoms with Gasteiger partial charge in [0.25, 0.3) is 11.8 Å². The van der Waals surface area contributed by atoms with E-state index >= 15 is 0 Å². The molecule has 35 heavy (non-hydrogen) atoms. The van der Waals surface area contributed by atoms with Gasteiger partial charge in [0, 0.05) is 19.3 Å². The topological polar surface area (TPSA) is 150 Å². The average Bonchev–Trinajstić information content (AvgIpc) is 3.24. The van der Waals surface area contributed by atoms with Crippen LogP contribution >= 0.6 is 11.5 Å². The molecule has 184 valence electrons. The van der Waals surface area contributed by atoms with Crippen LogP contribution in [0, 0.1) is 6.92 Å². The van der Waals surface area contributed by atoms with Crippen LogP contribution in [0.15, 0.2) is 48.5 Å². The first kappa shape index (κ1) is 25.7. The highest BCUT2D eigenvalue weighted by molar-refractivity contribution is 7.09. The Morgan fingerprint density at radius 2 is 1.74 bits per heavy atom. The van der Waals surface area contributed by atoms with Crippen molar-refractivity contribution >= 4 is 40.6 Å². The SMILES string of the molecule is COCCNC(=O)[C@@H](c1ccc(OC)cc1)N(C(=O)c1snc(C(N)=O)c1N)c1ccc(C)cc1. The van der Waals surface area contributed by atoms with Crippen LogP contribution in [0.5, 0.6) is 5.75 Å². The van der Waals surface area contributed by atoms with Crippen LogP contribution in [0.1, 0.15) is 37.3 Å². The van der Waals surface area contributed by atoms with Crippen molar-refractivity contribution in [2.75, 3.05) is 38.0 Å². The normalized spacial score (nSPS) is 11.5. The summed E-state index contributed by atoms with van der Waals surface area (Å²) < 4.78 is 14.2. The van der Waals surface area contributed by atoms with Crippen molar-refractivity contribution < 1.29 is 23.9 Å². The van der Waals surface area contributed by atoms with E-state index in [1.165, 1.54) is 19.1 Å². The zero-order chi connectivity index (χ0) is 25.5. The number of amides is 3. The second-order valence-electron chi connectivity index (χ2n) is 7.61. The van der Waals surface area contributed by atoms with Crippen molar-refractivity contribution in [2.24, 2.45) is 5.73 Å². The summed E-state index contributed by atoms with van der Waals surface area (Å²) in [7, 11) is 3.06. The number of carbonyl (C=O) groups is 3. The summed E-state index contributed by atoms with van der Waals surface area (Å²) in [6.45, 7) is 2.45. The molecule has 0 unspecified atom stereocenters. The van der Waals surface area contributed by atoms with Gasteiger partial charge in [-0.25, -0.2) is 0 Å². The van der Waals surface area contributed by atoms with Crippen molar-refractivity contribution in [3.63, 3.8) is 0 Å². The fourth-order valence-corrected chi connectivity index (χ4v) is 4.15. The molecule has 3 aromatic rings. The van der Waals surface area contributed by atoms with Gasteiger partial charge >= 0.3 is 0 Å². The maximum absolute atomic E-state index is 13.9. The lowest BCUT2D eigenvalue weighted by atomic mass is 10.0. The summed E-state index contributed by atoms with van der Waals surface area (Å²) in [6.07, 6.45) is 0. The summed E-state index contributed by atoms with van der Waals surface area (Å²) >= 11 is 0.752. The molecule has 0 spiro atoms. The quantitative estimate of drug-likeness (QED) is 0.364. The Morgan fingerprint density at radius 1 is 1.09 bits per heavy atom. The first-order chi connectivity index (χ1) is 16.8. The van der Waals surface area contributed by atoms with E-state index in [-0.39, 0.29) is 22.8 Å². The Hall–Kier alpha value is -3.96. The molecule has 0 aliphatic heterocycles. The number of nitrogens with zero attached hydrogens (tertiary/aromatic N) is 2. The number of carbonyl (C=O) groups excluding carboxylic acids is 3. The molecule has 0 radical (unpaired) electrons. The Balaban J connectivity index is 2.16. The molecular formula is C24H27N5O5S. The Labute approximate surface area is 207 Å². The smallest absolute Gasteiger partial charge is 0.273 e. The molecule has 0 fully saturated rings. The number of aryl methyl sites for hydroxylation is 1. The Kier molecular flexibility index (Phi) is 8.39. The molecule has 3 amide bonds. The standard InChI is InChI=1S/C24H27N5O5S/c1-14-4-8-16(9-5-14)29(24(32)21-18(25)19(22(26)30)28-35-21)20(23(31)27-12-13-33-2)15-6-10-17(34-3)11-7-15/h4-11,20H,12-13,25H2,1-3H3,(H2,26,30)(H,27,31)/t20-/m1/s1. The van der Waals surface area contributed by atoms with E-state index in [1.807, 2.05) is 19.1 Å². The highest BCUT2D eigenvalue weighted by atomic mass is 32.1. The van der Waals surface area contributed by atoms with Crippen molar-refractivity contribution in [1.82, 2.24) is 9.69 Å². The summed E-state index contributed by atoms with van der Waals surface area (Å²) in [5.74, 6) is -1.28. The molecule has 1 aromatic heterocycles. The molecule has 10 nitrogen and oxygen atoms in total. The van der Waals surface area contributed by atoms with Gasteiger partial charge in [0.05, 0.1) is 19.4 Å². The number of nitrogen functional groups attached to an aromatic ring is 1. The molecule has 5 N–H and O–H groups in total. The lowest BCUT2D eigenvalue weighted by Gasteiger charge is -2.31. The number of ether oxygens (including phenoxy) is 2. The minimum atomic E-state index is -1.08. The van der Waals surface area contributed by atoms with Crippen LogP contribution in [0.4, 0.5) is 11.4 Å². The van der Waals surface area contributed by atoms with E-state index in [2.05, 4.69) is 9.69 Å². The number of nitrogens with two attached hydrogens (primary N) is 2. The van der Waals surface area contributed by atoms with Gasteiger partial charge in [-0.3, -0.25) is 19.3 Å². The monoisotopic (exact) mass is 497 g/mol. The van der Waals surface area contributed by atoms with Crippen molar-refractivity contribution in [2.45, 2.75) is 13.0 Å². The van der Waals surface area contributed by atoms with Crippen LogP contribution in [-0.2, 0) is 9.53 Å². The van der Waals surface area contributed by atoms with E-state index in [4.69, 9.17) is 20.9 Å². The van der Waals surface area contributed by atoms with Crippen LogP contribution in [-0.4, -0.2) is 49.5 Å². The van der Waals surface area contributed by atoms with Gasteiger partial charge in [0.1, 0.15) is 16.7 Å². The summed E-state index contributed by atoms with van der Waals surface area (Å²) in [4.78, 5) is 40.4. The fraction of sp³-hybridized carbons (Fsp3) is 0.250. The number of primary amides is 1. The predicted octanol–water partition coefficient (Wildman–Crippen LogP) is 2.29. The number of hydrogen-bond donors (Lipinski definition) is 3. The highest BCUT2D eigenvalue weighted by Gasteiger charge is 2.36. The largest absolute Gasteiger partial charge is 0.497 e. The van der Waals surface area contributed by atoms with E-state index in [1.54, 1.807) is 36.4 Å². The molecule has 0 aliphatic rings. The fourth-order valence-electron chi connectivity index (χ4n) is 3.40. The van der Waals surface area contributed by atoms with Gasteiger partial charge in [0.2, 0.25) is 5.91 Å². The lowest BCUT2D eigenvalue weighted by Crippen LogP contribution is -2.44. The lowest BCUT2D eigenvalue weighted by molar-refractivity contribution is -0.122. The van der Waals surface area contributed by atoms with Gasteiger partial charge in [0.15, 0.2) is 5.69 Å². The van der Waals surface area contributed by atoms with Gasteiger partial charge in [-0.15, -0.1) is 0 Å². The van der Waals surface area contributed by atoms with Gasteiger partial charge in [-0.05, 0) is 48.3 Å². The summed E-state index contributed by atoms with van der Waals surface area (Å²) in [5, 5.41) is 2.81. The molecule has 1 heterocycles. The third-order valence-electron chi connectivity index (χ3n) is 5.23. The third kappa shape index (κ3) is 5.76. The van der Waals surface area contributed by atoms with Crippen LogP contribution in [0.2, 0.25) is 0 Å². The van der Waals surface area contributed by atoms with E-state index in [0.29, 0.717) is 23.6 Å². The van der Waals surface area contributed by atoms with Crippen molar-refractivity contribution in [3.8, 4) is 5.75 Å². The first-order valence-corrected chi connectivity index (χ1v) is 11.4. The van der Waals surface area contributed by atoms with Gasteiger partial charge < -0.3 is 26.3 Å². The summed E-state index contributed by atoms with van der Waals surface area (Å²) in [5.41, 5.74) is 13.0. The van der Waals surface area contributed by atoms with Crippen molar-refractivity contribution in [3.05, 3.63) is 70.2 Å². The second-order valence-corrected chi connectivity index (χ2v) is 8.38. The van der Waals surface area contributed by atoms with Crippen LogP contribution in [0.3, 0.4) is 0 Å². The number of aromatic nitrogens is 1. The Morgan fingerprint density at radius 3 is 2.29 bits per heavy atom. The number of rotatable bonds is 10. The zero-order valence-corrected chi connectivity index (χ0v) is 20.4. The van der Waals surface area contributed by atoms with E-state index < -0.39 is 23.8 Å². The van der Waals surface area contributed by atoms with Gasteiger partial charge in [-0.1, -0.05) is 29.8 Å². The molecule has 0 bridgehead atoms. The first-order valence-electron chi connectivity index (χ1n) is 10.6. The predicted molar refractivity (Wildman–Crippen MR) is 134 cm³/mol. The molecule has 0 aliphatic carbocycles. The van der Waals surface area contributed by atoms with E-state index in [0.717, 1.165) is 17.1 Å². The summed E-state index contributed by atoms with van der Waals surface area (Å²) in [6, 6.07) is 12.9. The maximum atomic E-state index is 13.9. The highest BCUT2D eigenvalue weighted by Crippen LogP contribution is 2.33. The molecular weight excluding hydrogens is 470 g/mol. The molecule has 2 aromatic carbocycles. The van der Waals surface area contributed by atoms with Crippen LogP contribution < -0.4 is 26.4 Å². The zero-order valence-electron chi connectivity index (χ0n) is 19.6. The number of anilines is 2. The third-order valence-corrected chi connectivity index (χ3v) is 6.08. The molecule has 3 rings (SSSR count). The molecule has 0 saturated carbocycles. The molecule has 0 saturated heterocycles. The number of methoxy groups -OCH3 is 2. The number of benzene rings is 2. The van der Waals surface area contributed by atoms with Gasteiger partial charge in [-0.2, -0.15) is 4.37 Å². The van der Waals surface area contributed by atoms with Crippen LogP contribution in [0.25, 0.3) is 0 Å². The minimum Gasteiger partial charge on any atom is -0.497 e. The Bertz CT molecular complexity index is 1190. The minimum absolute atomic E-state index is 0.00239. The van der Waals surface area contributed by atoms with E-state index in [9.17, 15) is 14.4 Å². The van der Waals surface area contributed by atoms with Crippen molar-refractivity contribution in [1.29, 1.82) is 0 Å². The second kappa shape index (κ2) is 11.4. The number of hydrogen-bond acceptors (Lipinski definition) is 8. The molecule has 11 heteroatoms. The molecule has 1 atom stereocenters. The number of nitrogens with one attached hydrogen (secondary N) is 1. The maximum Gasteiger partial charge on any atom is 0.273 e.